The maximum Gasteiger partial charge on any atom is 0.263 e. The summed E-state index contributed by atoms with van der Waals surface area (Å²) in [4.78, 5) is 31.0. The average molecular weight is 460 g/mol. The highest BCUT2D eigenvalue weighted by Crippen LogP contribution is 2.49. The van der Waals surface area contributed by atoms with E-state index in [1.165, 1.54) is 36.6 Å². The van der Waals surface area contributed by atoms with E-state index in [0.29, 0.717) is 11.1 Å². The normalized spacial score (nSPS) is 20.2. The maximum absolute atomic E-state index is 14.3. The number of nitrogens with zero attached hydrogens (tertiary/aromatic N) is 2. The highest BCUT2D eigenvalue weighted by Gasteiger charge is 2.45. The first kappa shape index (κ1) is 22.0. The lowest BCUT2D eigenvalue weighted by Gasteiger charge is -2.44. The Morgan fingerprint density at radius 3 is 2.52 bits per heavy atom. The first-order chi connectivity index (χ1) is 16.0. The van der Waals surface area contributed by atoms with Crippen LogP contribution in [0.3, 0.4) is 0 Å². The molecule has 5 nitrogen and oxygen atoms in total. The number of rotatable bonds is 5. The van der Waals surface area contributed by atoms with Crippen LogP contribution < -0.4 is 11.3 Å². The molecule has 5 rings (SSSR count). The fraction of sp³-hybridized carbons (Fsp3) is 0.370. The van der Waals surface area contributed by atoms with Crippen LogP contribution in [0, 0.1) is 5.92 Å². The lowest BCUT2D eigenvalue weighted by molar-refractivity contribution is -0.115. The van der Waals surface area contributed by atoms with Crippen molar-refractivity contribution < 1.29 is 4.79 Å². The van der Waals surface area contributed by atoms with Gasteiger partial charge >= 0.3 is 0 Å². The summed E-state index contributed by atoms with van der Waals surface area (Å²) in [7, 11) is 0. The highest BCUT2D eigenvalue weighted by molar-refractivity contribution is 7.99. The number of para-hydroxylation sites is 1. The lowest BCUT2D eigenvalue weighted by atomic mass is 9.60. The molecule has 33 heavy (non-hydrogen) atoms. The van der Waals surface area contributed by atoms with Gasteiger partial charge < -0.3 is 5.73 Å². The summed E-state index contributed by atoms with van der Waals surface area (Å²) < 4.78 is 1.68. The fourth-order valence-corrected chi connectivity index (χ4v) is 6.47. The summed E-state index contributed by atoms with van der Waals surface area (Å²) in [6.45, 7) is 2.27. The van der Waals surface area contributed by atoms with Crippen LogP contribution in [0.1, 0.15) is 50.2 Å². The van der Waals surface area contributed by atoms with Crippen LogP contribution in [0.4, 0.5) is 0 Å². The third kappa shape index (κ3) is 3.90. The molecule has 170 valence electrons. The van der Waals surface area contributed by atoms with Gasteiger partial charge in [-0.15, -0.1) is 0 Å². The van der Waals surface area contributed by atoms with E-state index in [2.05, 4.69) is 25.1 Å². The van der Waals surface area contributed by atoms with Crippen LogP contribution in [0.5, 0.6) is 0 Å². The van der Waals surface area contributed by atoms with Crippen molar-refractivity contribution in [2.45, 2.75) is 56.0 Å². The third-order valence-electron chi connectivity index (χ3n) is 7.32. The number of thioether (sulfide) groups is 1. The third-order valence-corrected chi connectivity index (χ3v) is 8.28. The number of benzene rings is 2. The molecular weight excluding hydrogens is 430 g/mol. The zero-order valence-corrected chi connectivity index (χ0v) is 19.7. The second-order valence-corrected chi connectivity index (χ2v) is 10.4. The Kier molecular flexibility index (Phi) is 5.87. The summed E-state index contributed by atoms with van der Waals surface area (Å²) >= 11 is 1.22. The SMILES string of the molecule is C[C@]1(C2CCCCC2)Cc2ccccc2-c2nc(SCC(N)=O)n(-c3ccccc3)c(=O)c21. The first-order valence-electron chi connectivity index (χ1n) is 11.7. The van der Waals surface area contributed by atoms with E-state index < -0.39 is 5.91 Å². The fourth-order valence-electron chi connectivity index (χ4n) is 5.73. The molecule has 0 saturated heterocycles. The number of nitrogens with two attached hydrogens (primary N) is 1. The van der Waals surface area contributed by atoms with Crippen molar-refractivity contribution >= 4 is 17.7 Å². The molecule has 0 radical (unpaired) electrons. The number of hydrogen-bond donors (Lipinski definition) is 1. The summed E-state index contributed by atoms with van der Waals surface area (Å²) in [5.74, 6) is 0.0831. The minimum absolute atomic E-state index is 0.0271. The Balaban J connectivity index is 1.80. The standard InChI is InChI=1S/C27H29N3O2S/c1-27(19-11-4-2-5-12-19)16-18-10-8-9-15-21(18)24-23(27)25(32)30(20-13-6-3-7-14-20)26(29-24)33-17-22(28)31/h3,6-10,13-15,19H,2,4-5,11-12,16-17H2,1H3,(H2,28,31)/t27-/m1/s1. The van der Waals surface area contributed by atoms with Gasteiger partial charge in [0.15, 0.2) is 5.16 Å². The molecular formula is C27H29N3O2S. The lowest BCUT2D eigenvalue weighted by Crippen LogP contribution is -2.45. The number of aromatic nitrogens is 2. The monoisotopic (exact) mass is 459 g/mol. The van der Waals surface area contributed by atoms with E-state index in [9.17, 15) is 9.59 Å². The predicted molar refractivity (Wildman–Crippen MR) is 133 cm³/mol. The topological polar surface area (TPSA) is 78.0 Å². The van der Waals surface area contributed by atoms with Crippen molar-refractivity contribution in [2.24, 2.45) is 11.7 Å². The van der Waals surface area contributed by atoms with E-state index in [1.54, 1.807) is 4.57 Å². The van der Waals surface area contributed by atoms with Crippen molar-refractivity contribution in [3.63, 3.8) is 0 Å². The Labute approximate surface area is 198 Å². The average Bonchev–Trinajstić information content (AvgIpc) is 2.83. The van der Waals surface area contributed by atoms with Gasteiger partial charge in [0.2, 0.25) is 5.91 Å². The molecule has 2 N–H and O–H groups in total. The Morgan fingerprint density at radius 1 is 1.09 bits per heavy atom. The van der Waals surface area contributed by atoms with Crippen molar-refractivity contribution in [2.75, 3.05) is 5.75 Å². The van der Waals surface area contributed by atoms with E-state index in [1.807, 2.05) is 36.4 Å². The molecule has 1 aromatic heterocycles. The number of primary amides is 1. The second kappa shape index (κ2) is 8.82. The zero-order valence-electron chi connectivity index (χ0n) is 18.9. The Morgan fingerprint density at radius 2 is 1.79 bits per heavy atom. The van der Waals surface area contributed by atoms with Crippen LogP contribution in [-0.4, -0.2) is 21.2 Å². The molecule has 6 heteroatoms. The molecule has 2 aliphatic rings. The van der Waals surface area contributed by atoms with Crippen molar-refractivity contribution in [1.82, 2.24) is 9.55 Å². The summed E-state index contributed by atoms with van der Waals surface area (Å²) in [5, 5.41) is 0.506. The van der Waals surface area contributed by atoms with E-state index >= 15 is 0 Å². The molecule has 0 unspecified atom stereocenters. The quantitative estimate of drug-likeness (QED) is 0.436. The highest BCUT2D eigenvalue weighted by atomic mass is 32.2. The summed E-state index contributed by atoms with van der Waals surface area (Å²) in [5.41, 5.74) is 9.76. The summed E-state index contributed by atoms with van der Waals surface area (Å²) in [6.07, 6.45) is 6.82. The minimum atomic E-state index is -0.431. The van der Waals surface area contributed by atoms with Crippen LogP contribution in [0.15, 0.2) is 64.5 Å². The van der Waals surface area contributed by atoms with Gasteiger partial charge in [0.05, 0.1) is 22.7 Å². The molecule has 1 heterocycles. The molecule has 1 saturated carbocycles. The van der Waals surface area contributed by atoms with Gasteiger partial charge in [-0.1, -0.05) is 80.4 Å². The van der Waals surface area contributed by atoms with Crippen molar-refractivity contribution in [1.29, 1.82) is 0 Å². The van der Waals surface area contributed by atoms with Gasteiger partial charge in [-0.05, 0) is 42.9 Å². The van der Waals surface area contributed by atoms with Crippen LogP contribution in [0.25, 0.3) is 16.9 Å². The maximum atomic E-state index is 14.3. The molecule has 2 aliphatic carbocycles. The molecule has 2 aromatic carbocycles. The van der Waals surface area contributed by atoms with Gasteiger partial charge in [0, 0.05) is 11.0 Å². The van der Waals surface area contributed by atoms with Crippen molar-refractivity contribution in [3.05, 3.63) is 76.1 Å². The van der Waals surface area contributed by atoms with Gasteiger partial charge in [-0.3, -0.25) is 14.2 Å². The second-order valence-electron chi connectivity index (χ2n) is 9.44. The molecule has 0 aliphatic heterocycles. The van der Waals surface area contributed by atoms with Gasteiger partial charge in [0.25, 0.3) is 5.56 Å². The number of amides is 1. The van der Waals surface area contributed by atoms with E-state index in [4.69, 9.17) is 10.7 Å². The predicted octanol–water partition coefficient (Wildman–Crippen LogP) is 4.87. The largest absolute Gasteiger partial charge is 0.369 e. The minimum Gasteiger partial charge on any atom is -0.369 e. The first-order valence-corrected chi connectivity index (χ1v) is 12.7. The molecule has 0 bridgehead atoms. The number of fused-ring (bicyclic) bond motifs is 3. The van der Waals surface area contributed by atoms with Crippen LogP contribution >= 0.6 is 11.8 Å². The summed E-state index contributed by atoms with van der Waals surface area (Å²) in [6, 6.07) is 17.9. The van der Waals surface area contributed by atoms with E-state index in [0.717, 1.165) is 41.8 Å². The molecule has 0 spiro atoms. The van der Waals surface area contributed by atoms with Crippen LogP contribution in [-0.2, 0) is 16.6 Å². The number of hydrogen-bond acceptors (Lipinski definition) is 4. The Hall–Kier alpha value is -2.86. The Bertz CT molecular complexity index is 1250. The van der Waals surface area contributed by atoms with Gasteiger partial charge in [0.1, 0.15) is 0 Å². The molecule has 3 aromatic rings. The molecule has 1 atom stereocenters. The van der Waals surface area contributed by atoms with Crippen LogP contribution in [0.2, 0.25) is 0 Å². The molecule has 1 amide bonds. The van der Waals surface area contributed by atoms with Crippen molar-refractivity contribution in [3.8, 4) is 16.9 Å². The van der Waals surface area contributed by atoms with Gasteiger partial charge in [-0.25, -0.2) is 4.98 Å². The molecule has 1 fully saturated rings. The smallest absolute Gasteiger partial charge is 0.263 e. The zero-order chi connectivity index (χ0) is 23.0. The number of carbonyl (C=O) groups excluding carboxylic acids is 1. The van der Waals surface area contributed by atoms with Gasteiger partial charge in [-0.2, -0.15) is 0 Å². The van der Waals surface area contributed by atoms with E-state index in [-0.39, 0.29) is 16.7 Å². The number of carbonyl (C=O) groups is 1.